The van der Waals surface area contributed by atoms with E-state index in [4.69, 9.17) is 11.6 Å². The molecule has 1 unspecified atom stereocenters. The fourth-order valence-corrected chi connectivity index (χ4v) is 2.70. The Balaban J connectivity index is 2.14. The maximum atomic E-state index is 9.80. The molecule has 0 spiro atoms. The molecule has 16 heavy (non-hydrogen) atoms. The Morgan fingerprint density at radius 2 is 2.31 bits per heavy atom. The first-order valence-electron chi connectivity index (χ1n) is 5.92. The molecule has 0 bridgehead atoms. The highest BCUT2D eigenvalue weighted by Crippen LogP contribution is 2.30. The van der Waals surface area contributed by atoms with Crippen molar-refractivity contribution >= 4 is 11.6 Å². The van der Waals surface area contributed by atoms with Crippen molar-refractivity contribution in [3.05, 3.63) is 28.8 Å². The molecule has 2 rings (SSSR count). The zero-order chi connectivity index (χ0) is 11.5. The van der Waals surface area contributed by atoms with Crippen LogP contribution in [0.3, 0.4) is 0 Å². The van der Waals surface area contributed by atoms with Gasteiger partial charge in [-0.05, 0) is 37.9 Å². The van der Waals surface area contributed by atoms with E-state index in [1.807, 2.05) is 6.07 Å². The van der Waals surface area contributed by atoms with Crippen molar-refractivity contribution in [1.82, 2.24) is 4.90 Å². The van der Waals surface area contributed by atoms with E-state index in [-0.39, 0.29) is 0 Å². The van der Waals surface area contributed by atoms with Crippen LogP contribution in [0.4, 0.5) is 0 Å². The van der Waals surface area contributed by atoms with Gasteiger partial charge < -0.3 is 5.11 Å². The van der Waals surface area contributed by atoms with Gasteiger partial charge in [0.2, 0.25) is 0 Å². The van der Waals surface area contributed by atoms with Crippen LogP contribution in [0.25, 0.3) is 0 Å². The van der Waals surface area contributed by atoms with Crippen molar-refractivity contribution in [1.29, 1.82) is 0 Å². The average Bonchev–Trinajstić information content (AvgIpc) is 2.71. The van der Waals surface area contributed by atoms with Crippen LogP contribution in [0.2, 0.25) is 5.02 Å². The van der Waals surface area contributed by atoms with Crippen LogP contribution < -0.4 is 0 Å². The van der Waals surface area contributed by atoms with Crippen molar-refractivity contribution in [3.63, 3.8) is 0 Å². The van der Waals surface area contributed by atoms with Gasteiger partial charge in [0.15, 0.2) is 0 Å². The minimum Gasteiger partial charge on any atom is -0.508 e. The van der Waals surface area contributed by atoms with Crippen molar-refractivity contribution in [2.45, 2.75) is 38.8 Å². The third-order valence-corrected chi connectivity index (χ3v) is 3.78. The minimum absolute atomic E-state index is 0.314. The maximum absolute atomic E-state index is 9.80. The summed E-state index contributed by atoms with van der Waals surface area (Å²) in [4.78, 5) is 2.42. The largest absolute Gasteiger partial charge is 0.508 e. The number of phenolic OH excluding ortho intramolecular Hbond substituents is 1. The molecule has 1 saturated heterocycles. The Morgan fingerprint density at radius 1 is 1.50 bits per heavy atom. The number of hydrogen-bond acceptors (Lipinski definition) is 2. The molecule has 0 radical (unpaired) electrons. The molecule has 2 nitrogen and oxygen atoms in total. The van der Waals surface area contributed by atoms with Gasteiger partial charge in [-0.2, -0.15) is 0 Å². The number of nitrogens with zero attached hydrogens (tertiary/aromatic N) is 1. The Morgan fingerprint density at radius 3 is 3.00 bits per heavy atom. The Kier molecular flexibility index (Phi) is 3.72. The lowest BCUT2D eigenvalue weighted by atomic mass is 10.1. The second-order valence-corrected chi connectivity index (χ2v) is 4.82. The first-order valence-corrected chi connectivity index (χ1v) is 6.30. The van der Waals surface area contributed by atoms with Gasteiger partial charge in [-0.3, -0.25) is 4.90 Å². The molecule has 3 heteroatoms. The van der Waals surface area contributed by atoms with E-state index in [0.717, 1.165) is 18.7 Å². The van der Waals surface area contributed by atoms with Gasteiger partial charge in [0, 0.05) is 23.2 Å². The zero-order valence-corrected chi connectivity index (χ0v) is 10.4. The van der Waals surface area contributed by atoms with E-state index in [9.17, 15) is 5.11 Å². The molecule has 1 atom stereocenters. The summed E-state index contributed by atoms with van der Waals surface area (Å²) in [5.74, 6) is 0.314. The molecule has 0 saturated carbocycles. The summed E-state index contributed by atoms with van der Waals surface area (Å²) >= 11 is 6.11. The minimum atomic E-state index is 0.314. The second kappa shape index (κ2) is 5.07. The normalized spacial score (nSPS) is 21.5. The third kappa shape index (κ3) is 2.33. The lowest BCUT2D eigenvalue weighted by molar-refractivity contribution is 0.237. The summed E-state index contributed by atoms with van der Waals surface area (Å²) in [5.41, 5.74) is 0.865. The van der Waals surface area contributed by atoms with Gasteiger partial charge in [0.25, 0.3) is 0 Å². The summed E-state index contributed by atoms with van der Waals surface area (Å²) in [5, 5.41) is 10.5. The highest BCUT2D eigenvalue weighted by atomic mass is 35.5. The van der Waals surface area contributed by atoms with Gasteiger partial charge in [-0.1, -0.05) is 24.6 Å². The maximum Gasteiger partial charge on any atom is 0.121 e. The molecule has 1 aromatic rings. The van der Waals surface area contributed by atoms with Crippen LogP contribution in [-0.4, -0.2) is 22.6 Å². The molecule has 0 aromatic heterocycles. The quantitative estimate of drug-likeness (QED) is 0.874. The number of halogens is 1. The lowest BCUT2D eigenvalue weighted by Gasteiger charge is -2.24. The van der Waals surface area contributed by atoms with Crippen LogP contribution in [0.1, 0.15) is 31.7 Å². The molecule has 1 aliphatic rings. The Bertz CT molecular complexity index is 347. The highest BCUT2D eigenvalue weighted by molar-refractivity contribution is 6.31. The zero-order valence-electron chi connectivity index (χ0n) is 9.62. The summed E-state index contributed by atoms with van der Waals surface area (Å²) in [6, 6.07) is 5.98. The third-order valence-electron chi connectivity index (χ3n) is 3.43. The van der Waals surface area contributed by atoms with Gasteiger partial charge in [-0.25, -0.2) is 0 Å². The summed E-state index contributed by atoms with van der Waals surface area (Å²) in [6.45, 7) is 4.10. The van der Waals surface area contributed by atoms with E-state index in [1.54, 1.807) is 12.1 Å². The number of likely N-dealkylation sites (tertiary alicyclic amines) is 1. The molecule has 1 N–H and O–H groups in total. The van der Waals surface area contributed by atoms with Gasteiger partial charge in [0.05, 0.1) is 0 Å². The van der Waals surface area contributed by atoms with Crippen LogP contribution in [0, 0.1) is 0 Å². The monoisotopic (exact) mass is 239 g/mol. The van der Waals surface area contributed by atoms with E-state index >= 15 is 0 Å². The van der Waals surface area contributed by atoms with Crippen LogP contribution in [-0.2, 0) is 6.54 Å². The summed E-state index contributed by atoms with van der Waals surface area (Å²) in [6.07, 6.45) is 3.69. The van der Waals surface area contributed by atoms with E-state index < -0.39 is 0 Å². The molecule has 1 heterocycles. The summed E-state index contributed by atoms with van der Waals surface area (Å²) in [7, 11) is 0. The van der Waals surface area contributed by atoms with Gasteiger partial charge >= 0.3 is 0 Å². The smallest absolute Gasteiger partial charge is 0.121 e. The number of benzene rings is 1. The number of aromatic hydroxyl groups is 1. The molecular formula is C13H18ClNO. The molecule has 0 aliphatic carbocycles. The molecule has 1 aromatic carbocycles. The average molecular weight is 240 g/mol. The fourth-order valence-electron chi connectivity index (χ4n) is 2.47. The molecule has 88 valence electrons. The number of hydrogen-bond donors (Lipinski definition) is 1. The van der Waals surface area contributed by atoms with E-state index in [0.29, 0.717) is 16.8 Å². The van der Waals surface area contributed by atoms with Crippen molar-refractivity contribution in [2.75, 3.05) is 6.54 Å². The Labute approximate surface area is 102 Å². The van der Waals surface area contributed by atoms with Crippen LogP contribution in [0.15, 0.2) is 18.2 Å². The summed E-state index contributed by atoms with van der Waals surface area (Å²) < 4.78 is 0. The Hall–Kier alpha value is -0.730. The van der Waals surface area contributed by atoms with Crippen LogP contribution in [0.5, 0.6) is 5.75 Å². The van der Waals surface area contributed by atoms with Crippen molar-refractivity contribution < 1.29 is 5.11 Å². The first-order chi connectivity index (χ1) is 7.72. The topological polar surface area (TPSA) is 23.5 Å². The highest BCUT2D eigenvalue weighted by Gasteiger charge is 2.24. The van der Waals surface area contributed by atoms with Gasteiger partial charge in [-0.15, -0.1) is 0 Å². The van der Waals surface area contributed by atoms with E-state index in [1.165, 1.54) is 19.3 Å². The van der Waals surface area contributed by atoms with Crippen molar-refractivity contribution in [2.24, 2.45) is 0 Å². The number of phenols is 1. The predicted octanol–water partition coefficient (Wildman–Crippen LogP) is 3.42. The van der Waals surface area contributed by atoms with Crippen LogP contribution >= 0.6 is 11.6 Å². The molecule has 1 fully saturated rings. The van der Waals surface area contributed by atoms with Gasteiger partial charge in [0.1, 0.15) is 5.75 Å². The van der Waals surface area contributed by atoms with E-state index in [2.05, 4.69) is 11.8 Å². The lowest BCUT2D eigenvalue weighted by Crippen LogP contribution is -2.28. The first kappa shape index (κ1) is 11.7. The fraction of sp³-hybridized carbons (Fsp3) is 0.538. The SMILES string of the molecule is CCC1CCCN1Cc1c(O)cccc1Cl. The standard InChI is InChI=1S/C13H18ClNO/c1-2-10-5-4-8-15(10)9-11-12(14)6-3-7-13(11)16/h3,6-7,10,16H,2,4-5,8-9H2,1H3. The molecule has 0 amide bonds. The predicted molar refractivity (Wildman–Crippen MR) is 66.8 cm³/mol. The van der Waals surface area contributed by atoms with Crippen molar-refractivity contribution in [3.8, 4) is 5.75 Å². The number of rotatable bonds is 3. The molecule has 1 aliphatic heterocycles. The second-order valence-electron chi connectivity index (χ2n) is 4.41. The molecular weight excluding hydrogens is 222 g/mol.